The molecule has 0 bridgehead atoms. The van der Waals surface area contributed by atoms with Crippen LogP contribution in [0.4, 0.5) is 0 Å². The van der Waals surface area contributed by atoms with Gasteiger partial charge in [-0.15, -0.1) is 0 Å². The molecule has 0 atom stereocenters. The van der Waals surface area contributed by atoms with Gasteiger partial charge in [0.2, 0.25) is 5.91 Å². The zero-order chi connectivity index (χ0) is 16.4. The Balaban J connectivity index is 1.85. The smallest absolute Gasteiger partial charge is 0.336 e. The van der Waals surface area contributed by atoms with E-state index in [2.05, 4.69) is 5.32 Å². The van der Waals surface area contributed by atoms with Gasteiger partial charge < -0.3 is 9.73 Å². The third-order valence-corrected chi connectivity index (χ3v) is 4.69. The topological polar surface area (TPSA) is 59.3 Å². The standard InChI is InChI=1S/C19H23NO3/c1-12-8-13(2)18-16(9-12)15(10-17(21)23-18)11-20-19(22)14-6-4-3-5-7-14/h8-10,14H,3-7,11H2,1-2H3,(H,20,22). The molecule has 4 nitrogen and oxygen atoms in total. The van der Waals surface area contributed by atoms with Crippen LogP contribution in [0.15, 0.2) is 27.4 Å². The van der Waals surface area contributed by atoms with Crippen molar-refractivity contribution in [3.05, 3.63) is 45.3 Å². The molecule has 23 heavy (non-hydrogen) atoms. The first-order chi connectivity index (χ1) is 11.0. The highest BCUT2D eigenvalue weighted by atomic mass is 16.4. The molecule has 3 rings (SSSR count). The number of hydrogen-bond donors (Lipinski definition) is 1. The molecule has 0 saturated heterocycles. The van der Waals surface area contributed by atoms with Gasteiger partial charge in [0.05, 0.1) is 0 Å². The van der Waals surface area contributed by atoms with Crippen molar-refractivity contribution in [3.8, 4) is 0 Å². The van der Waals surface area contributed by atoms with E-state index in [0.29, 0.717) is 12.1 Å². The Bertz CT molecular complexity index is 785. The number of hydrogen-bond acceptors (Lipinski definition) is 3. The lowest BCUT2D eigenvalue weighted by molar-refractivity contribution is -0.126. The molecule has 2 aromatic rings. The second-order valence-corrected chi connectivity index (χ2v) is 6.60. The van der Waals surface area contributed by atoms with E-state index in [9.17, 15) is 9.59 Å². The molecule has 122 valence electrons. The molecule has 1 fully saturated rings. The molecule has 1 heterocycles. The fraction of sp³-hybridized carbons (Fsp3) is 0.474. The van der Waals surface area contributed by atoms with Crippen LogP contribution in [0, 0.1) is 19.8 Å². The number of carbonyl (C=O) groups is 1. The molecule has 1 N–H and O–H groups in total. The minimum atomic E-state index is -0.369. The van der Waals surface area contributed by atoms with Crippen molar-refractivity contribution in [2.24, 2.45) is 5.92 Å². The van der Waals surface area contributed by atoms with Crippen LogP contribution in [-0.4, -0.2) is 5.91 Å². The van der Waals surface area contributed by atoms with Crippen LogP contribution in [0.5, 0.6) is 0 Å². The lowest BCUT2D eigenvalue weighted by Crippen LogP contribution is -2.31. The summed E-state index contributed by atoms with van der Waals surface area (Å²) in [4.78, 5) is 24.1. The van der Waals surface area contributed by atoms with Gasteiger partial charge in [-0.25, -0.2) is 4.79 Å². The number of benzene rings is 1. The average molecular weight is 313 g/mol. The maximum Gasteiger partial charge on any atom is 0.336 e. The van der Waals surface area contributed by atoms with E-state index in [4.69, 9.17) is 4.42 Å². The molecule has 0 spiro atoms. The predicted molar refractivity (Wildman–Crippen MR) is 90.4 cm³/mol. The summed E-state index contributed by atoms with van der Waals surface area (Å²) in [6, 6.07) is 5.49. The van der Waals surface area contributed by atoms with Gasteiger partial charge in [-0.3, -0.25) is 4.79 Å². The monoisotopic (exact) mass is 313 g/mol. The summed E-state index contributed by atoms with van der Waals surface area (Å²) in [6.07, 6.45) is 5.44. The van der Waals surface area contributed by atoms with E-state index in [1.807, 2.05) is 26.0 Å². The maximum absolute atomic E-state index is 12.3. The molecule has 1 aromatic carbocycles. The van der Waals surface area contributed by atoms with E-state index < -0.39 is 0 Å². The first-order valence-electron chi connectivity index (χ1n) is 8.36. The number of amides is 1. The average Bonchev–Trinajstić information content (AvgIpc) is 2.54. The summed E-state index contributed by atoms with van der Waals surface area (Å²) in [5.41, 5.74) is 3.13. The molecule has 1 aliphatic carbocycles. The predicted octanol–water partition coefficient (Wildman–Crippen LogP) is 3.61. The molecule has 0 unspecified atom stereocenters. The van der Waals surface area contributed by atoms with Crippen LogP contribution in [0.25, 0.3) is 11.0 Å². The van der Waals surface area contributed by atoms with Gasteiger partial charge >= 0.3 is 5.63 Å². The van der Waals surface area contributed by atoms with Gasteiger partial charge in [0.25, 0.3) is 0 Å². The minimum Gasteiger partial charge on any atom is -0.422 e. The maximum atomic E-state index is 12.3. The third kappa shape index (κ3) is 3.46. The summed E-state index contributed by atoms with van der Waals surface area (Å²) < 4.78 is 5.34. The fourth-order valence-electron chi connectivity index (χ4n) is 3.52. The number of nitrogens with one attached hydrogen (secondary N) is 1. The molecule has 0 radical (unpaired) electrons. The number of fused-ring (bicyclic) bond motifs is 1. The van der Waals surface area contributed by atoms with Crippen molar-refractivity contribution in [1.82, 2.24) is 5.32 Å². The molecular weight excluding hydrogens is 290 g/mol. The van der Waals surface area contributed by atoms with Crippen molar-refractivity contribution < 1.29 is 9.21 Å². The molecular formula is C19H23NO3. The van der Waals surface area contributed by atoms with Gasteiger partial charge in [0.15, 0.2) is 0 Å². The molecule has 1 amide bonds. The third-order valence-electron chi connectivity index (χ3n) is 4.69. The van der Waals surface area contributed by atoms with E-state index in [1.54, 1.807) is 0 Å². The van der Waals surface area contributed by atoms with E-state index in [-0.39, 0.29) is 17.5 Å². The van der Waals surface area contributed by atoms with Gasteiger partial charge in [-0.2, -0.15) is 0 Å². The lowest BCUT2D eigenvalue weighted by Gasteiger charge is -2.21. The zero-order valence-electron chi connectivity index (χ0n) is 13.8. The van der Waals surface area contributed by atoms with Crippen molar-refractivity contribution in [3.63, 3.8) is 0 Å². The van der Waals surface area contributed by atoms with E-state index >= 15 is 0 Å². The highest BCUT2D eigenvalue weighted by Crippen LogP contribution is 2.25. The van der Waals surface area contributed by atoms with Gasteiger partial charge in [0.1, 0.15) is 5.58 Å². The quantitative estimate of drug-likeness (QED) is 0.881. The largest absolute Gasteiger partial charge is 0.422 e. The van der Waals surface area contributed by atoms with Crippen molar-refractivity contribution in [1.29, 1.82) is 0 Å². The zero-order valence-corrected chi connectivity index (χ0v) is 13.8. The second kappa shape index (κ2) is 6.57. The van der Waals surface area contributed by atoms with Crippen LogP contribution >= 0.6 is 0 Å². The summed E-state index contributed by atoms with van der Waals surface area (Å²) in [5.74, 6) is 0.231. The number of aryl methyl sites for hydroxylation is 2. The molecule has 1 aliphatic rings. The van der Waals surface area contributed by atoms with Gasteiger partial charge in [-0.05, 0) is 49.4 Å². The Kier molecular flexibility index (Phi) is 4.51. The molecule has 4 heteroatoms. The van der Waals surface area contributed by atoms with Crippen LogP contribution < -0.4 is 10.9 Å². The van der Waals surface area contributed by atoms with Gasteiger partial charge in [0, 0.05) is 23.9 Å². The first-order valence-corrected chi connectivity index (χ1v) is 8.36. The Hall–Kier alpha value is -2.10. The Morgan fingerprint density at radius 2 is 1.91 bits per heavy atom. The van der Waals surface area contributed by atoms with Crippen LogP contribution in [0.1, 0.15) is 48.8 Å². The Morgan fingerprint density at radius 1 is 1.17 bits per heavy atom. The molecule has 1 saturated carbocycles. The highest BCUT2D eigenvalue weighted by molar-refractivity contribution is 5.84. The number of carbonyl (C=O) groups excluding carboxylic acids is 1. The van der Waals surface area contributed by atoms with Gasteiger partial charge in [-0.1, -0.05) is 25.3 Å². The first kappa shape index (κ1) is 15.8. The van der Waals surface area contributed by atoms with E-state index in [0.717, 1.165) is 47.8 Å². The number of rotatable bonds is 3. The minimum absolute atomic E-state index is 0.107. The van der Waals surface area contributed by atoms with Crippen LogP contribution in [0.3, 0.4) is 0 Å². The molecule has 1 aromatic heterocycles. The summed E-state index contributed by atoms with van der Waals surface area (Å²) in [5, 5.41) is 3.92. The van der Waals surface area contributed by atoms with Crippen LogP contribution in [0.2, 0.25) is 0 Å². The SMILES string of the molecule is Cc1cc(C)c2oc(=O)cc(CNC(=O)C3CCCCC3)c2c1. The van der Waals surface area contributed by atoms with Crippen molar-refractivity contribution >= 4 is 16.9 Å². The lowest BCUT2D eigenvalue weighted by atomic mass is 9.88. The van der Waals surface area contributed by atoms with E-state index in [1.165, 1.54) is 12.5 Å². The second-order valence-electron chi connectivity index (χ2n) is 6.60. The summed E-state index contributed by atoms with van der Waals surface area (Å²) >= 11 is 0. The summed E-state index contributed by atoms with van der Waals surface area (Å²) in [6.45, 7) is 4.32. The van der Waals surface area contributed by atoms with Crippen molar-refractivity contribution in [2.75, 3.05) is 0 Å². The highest BCUT2D eigenvalue weighted by Gasteiger charge is 2.21. The fourth-order valence-corrected chi connectivity index (χ4v) is 3.52. The molecule has 0 aliphatic heterocycles. The van der Waals surface area contributed by atoms with Crippen LogP contribution in [-0.2, 0) is 11.3 Å². The van der Waals surface area contributed by atoms with Crippen molar-refractivity contribution in [2.45, 2.75) is 52.5 Å². The Morgan fingerprint density at radius 3 is 2.65 bits per heavy atom. The normalized spacial score (nSPS) is 15.7. The Labute approximate surface area is 135 Å². The summed E-state index contributed by atoms with van der Waals surface area (Å²) in [7, 11) is 0.